The van der Waals surface area contributed by atoms with E-state index in [9.17, 15) is 4.79 Å². The third kappa shape index (κ3) is 3.93. The minimum Gasteiger partial charge on any atom is -0.387 e. The summed E-state index contributed by atoms with van der Waals surface area (Å²) < 4.78 is 0. The van der Waals surface area contributed by atoms with Crippen molar-refractivity contribution in [2.24, 2.45) is 0 Å². The average Bonchev–Trinajstić information content (AvgIpc) is 2.35. The van der Waals surface area contributed by atoms with Crippen LogP contribution in [-0.4, -0.2) is 36.0 Å². The number of aryl methyl sites for hydroxylation is 1. The van der Waals surface area contributed by atoms with Gasteiger partial charge in [-0.25, -0.2) is 0 Å². The highest BCUT2D eigenvalue weighted by atomic mass is 32.2. The molecule has 2 N–H and O–H groups in total. The summed E-state index contributed by atoms with van der Waals surface area (Å²) in [5.41, 5.74) is 2.29. The zero-order chi connectivity index (χ0) is 12.8. The number of amides is 1. The third-order valence-electron chi connectivity index (χ3n) is 2.51. The molecule has 1 rings (SSSR count). The van der Waals surface area contributed by atoms with Crippen LogP contribution in [-0.2, 0) is 0 Å². The van der Waals surface area contributed by atoms with Gasteiger partial charge in [0.1, 0.15) is 0 Å². The third-order valence-corrected chi connectivity index (χ3v) is 3.48. The molecule has 17 heavy (non-hydrogen) atoms. The molecular weight excluding hydrogens is 234 g/mol. The van der Waals surface area contributed by atoms with Crippen molar-refractivity contribution in [1.82, 2.24) is 10.3 Å². The van der Waals surface area contributed by atoms with Crippen molar-refractivity contribution in [1.29, 1.82) is 0 Å². The number of carbonyl (C=O) groups excluding carboxylic acids is 1. The van der Waals surface area contributed by atoms with Crippen molar-refractivity contribution in [3.8, 4) is 0 Å². The number of pyridine rings is 1. The maximum Gasteiger partial charge on any atom is 0.254 e. The largest absolute Gasteiger partial charge is 0.387 e. The van der Waals surface area contributed by atoms with Crippen LogP contribution in [0.25, 0.3) is 0 Å². The topological polar surface area (TPSA) is 54.0 Å². The van der Waals surface area contributed by atoms with Crippen LogP contribution in [0.15, 0.2) is 12.3 Å². The molecule has 0 aliphatic carbocycles. The summed E-state index contributed by atoms with van der Waals surface area (Å²) in [5.74, 6) is -0.0808. The monoisotopic (exact) mass is 253 g/mol. The number of nitrogens with one attached hydrogen (secondary N) is 2. The molecule has 1 amide bonds. The fraction of sp³-hybridized carbons (Fsp3) is 0.500. The number of aromatic nitrogens is 1. The Morgan fingerprint density at radius 3 is 2.88 bits per heavy atom. The molecule has 1 aromatic heterocycles. The summed E-state index contributed by atoms with van der Waals surface area (Å²) in [5, 5.41) is 6.33. The van der Waals surface area contributed by atoms with Gasteiger partial charge in [-0.05, 0) is 19.2 Å². The Bertz CT molecular complexity index is 395. The molecular formula is C12H19N3OS. The van der Waals surface area contributed by atoms with Crippen molar-refractivity contribution in [3.63, 3.8) is 0 Å². The van der Waals surface area contributed by atoms with Crippen LogP contribution < -0.4 is 10.6 Å². The van der Waals surface area contributed by atoms with Crippen molar-refractivity contribution in [2.45, 2.75) is 19.1 Å². The summed E-state index contributed by atoms with van der Waals surface area (Å²) >= 11 is 1.73. The minimum atomic E-state index is -0.0808. The SMILES string of the molecule is CNc1cc(C)ncc1C(=O)NCC(C)SC. The Labute approximate surface area is 107 Å². The highest BCUT2D eigenvalue weighted by Crippen LogP contribution is 2.15. The van der Waals surface area contributed by atoms with Crippen molar-refractivity contribution < 1.29 is 4.79 Å². The van der Waals surface area contributed by atoms with Gasteiger partial charge in [-0.3, -0.25) is 9.78 Å². The Morgan fingerprint density at radius 1 is 1.59 bits per heavy atom. The number of nitrogens with zero attached hydrogens (tertiary/aromatic N) is 1. The van der Waals surface area contributed by atoms with E-state index in [-0.39, 0.29) is 5.91 Å². The average molecular weight is 253 g/mol. The molecule has 0 aromatic carbocycles. The van der Waals surface area contributed by atoms with Gasteiger partial charge in [0.15, 0.2) is 0 Å². The van der Waals surface area contributed by atoms with E-state index in [0.717, 1.165) is 11.4 Å². The molecule has 1 unspecified atom stereocenters. The first-order chi connectivity index (χ1) is 8.08. The van der Waals surface area contributed by atoms with E-state index in [4.69, 9.17) is 0 Å². The molecule has 0 aliphatic rings. The highest BCUT2D eigenvalue weighted by molar-refractivity contribution is 7.99. The van der Waals surface area contributed by atoms with E-state index in [2.05, 4.69) is 22.5 Å². The van der Waals surface area contributed by atoms with E-state index in [1.807, 2.05) is 19.2 Å². The lowest BCUT2D eigenvalue weighted by atomic mass is 10.2. The zero-order valence-electron chi connectivity index (χ0n) is 10.7. The normalized spacial score (nSPS) is 12.0. The minimum absolute atomic E-state index is 0.0808. The lowest BCUT2D eigenvalue weighted by molar-refractivity contribution is 0.0954. The molecule has 0 bridgehead atoms. The van der Waals surface area contributed by atoms with Gasteiger partial charge >= 0.3 is 0 Å². The van der Waals surface area contributed by atoms with E-state index in [0.29, 0.717) is 17.4 Å². The molecule has 1 aromatic rings. The van der Waals surface area contributed by atoms with Crippen LogP contribution in [0.5, 0.6) is 0 Å². The molecule has 5 heteroatoms. The van der Waals surface area contributed by atoms with Crippen LogP contribution in [0, 0.1) is 6.92 Å². The second-order valence-electron chi connectivity index (χ2n) is 3.88. The van der Waals surface area contributed by atoms with E-state index in [1.165, 1.54) is 0 Å². The van der Waals surface area contributed by atoms with E-state index >= 15 is 0 Å². The molecule has 0 aliphatic heterocycles. The van der Waals surface area contributed by atoms with Crippen LogP contribution in [0.2, 0.25) is 0 Å². The Kier molecular flexibility index (Phi) is 5.28. The molecule has 0 saturated heterocycles. The molecule has 0 saturated carbocycles. The van der Waals surface area contributed by atoms with Crippen LogP contribution >= 0.6 is 11.8 Å². The van der Waals surface area contributed by atoms with Gasteiger partial charge < -0.3 is 10.6 Å². The Balaban J connectivity index is 2.75. The quantitative estimate of drug-likeness (QED) is 0.841. The summed E-state index contributed by atoms with van der Waals surface area (Å²) in [6, 6.07) is 1.87. The van der Waals surface area contributed by atoms with Gasteiger partial charge in [-0.15, -0.1) is 0 Å². The number of anilines is 1. The lowest BCUT2D eigenvalue weighted by Gasteiger charge is -2.12. The predicted octanol–water partition coefficient (Wildman–Crippen LogP) is 1.91. The van der Waals surface area contributed by atoms with Crippen molar-refractivity contribution in [2.75, 3.05) is 25.2 Å². The fourth-order valence-electron chi connectivity index (χ4n) is 1.36. The van der Waals surface area contributed by atoms with Crippen LogP contribution in [0.1, 0.15) is 23.0 Å². The van der Waals surface area contributed by atoms with E-state index < -0.39 is 0 Å². The second kappa shape index (κ2) is 6.49. The van der Waals surface area contributed by atoms with E-state index in [1.54, 1.807) is 25.0 Å². The van der Waals surface area contributed by atoms with Gasteiger partial charge in [0.05, 0.1) is 11.3 Å². The maximum absolute atomic E-state index is 12.0. The Hall–Kier alpha value is -1.23. The summed E-state index contributed by atoms with van der Waals surface area (Å²) in [7, 11) is 1.80. The maximum atomic E-state index is 12.0. The molecule has 1 atom stereocenters. The molecule has 94 valence electrons. The van der Waals surface area contributed by atoms with Gasteiger partial charge in [-0.2, -0.15) is 11.8 Å². The summed E-state index contributed by atoms with van der Waals surface area (Å²) in [6.07, 6.45) is 3.64. The Morgan fingerprint density at radius 2 is 2.29 bits per heavy atom. The summed E-state index contributed by atoms with van der Waals surface area (Å²) in [4.78, 5) is 16.1. The standard InChI is InChI=1S/C12H19N3OS/c1-8-5-11(13-3)10(7-14-8)12(16)15-6-9(2)17-4/h5,7,9H,6H2,1-4H3,(H,13,14)(H,15,16). The van der Waals surface area contributed by atoms with Crippen molar-refractivity contribution >= 4 is 23.4 Å². The summed E-state index contributed by atoms with van der Waals surface area (Å²) in [6.45, 7) is 4.65. The first kappa shape index (κ1) is 13.8. The first-order valence-electron chi connectivity index (χ1n) is 5.54. The first-order valence-corrected chi connectivity index (χ1v) is 6.82. The molecule has 0 radical (unpaired) electrons. The molecule has 0 spiro atoms. The van der Waals surface area contributed by atoms with Gasteiger partial charge in [0.2, 0.25) is 0 Å². The smallest absolute Gasteiger partial charge is 0.254 e. The number of thioether (sulfide) groups is 1. The molecule has 0 fully saturated rings. The highest BCUT2D eigenvalue weighted by Gasteiger charge is 2.12. The van der Waals surface area contributed by atoms with Crippen molar-refractivity contribution in [3.05, 3.63) is 23.5 Å². The predicted molar refractivity (Wildman–Crippen MR) is 73.8 cm³/mol. The molecule has 1 heterocycles. The second-order valence-corrected chi connectivity index (χ2v) is 5.15. The fourth-order valence-corrected chi connectivity index (χ4v) is 1.61. The number of hydrogen-bond acceptors (Lipinski definition) is 4. The zero-order valence-corrected chi connectivity index (χ0v) is 11.5. The molecule has 4 nitrogen and oxygen atoms in total. The van der Waals surface area contributed by atoms with Gasteiger partial charge in [0.25, 0.3) is 5.91 Å². The van der Waals surface area contributed by atoms with Gasteiger partial charge in [0, 0.05) is 30.7 Å². The van der Waals surface area contributed by atoms with Crippen LogP contribution in [0.4, 0.5) is 5.69 Å². The number of hydrogen-bond donors (Lipinski definition) is 2. The van der Waals surface area contributed by atoms with Gasteiger partial charge in [-0.1, -0.05) is 6.92 Å². The number of carbonyl (C=O) groups is 1. The van der Waals surface area contributed by atoms with Crippen LogP contribution in [0.3, 0.4) is 0 Å². The number of rotatable bonds is 5. The lowest BCUT2D eigenvalue weighted by Crippen LogP contribution is -2.30.